The van der Waals surface area contributed by atoms with Gasteiger partial charge in [-0.1, -0.05) is 6.92 Å². The molecule has 0 aromatic carbocycles. The van der Waals surface area contributed by atoms with Gasteiger partial charge in [-0.25, -0.2) is 4.79 Å². The van der Waals surface area contributed by atoms with Gasteiger partial charge in [0.25, 0.3) is 0 Å². The molecule has 0 rings (SSSR count). The van der Waals surface area contributed by atoms with Gasteiger partial charge in [0.15, 0.2) is 0 Å². The molecule has 1 unspecified atom stereocenters. The number of carboxylic acids is 1. The fraction of sp³-hybridized carbons (Fsp3) is 0.750. The molecule has 0 heterocycles. The third-order valence-corrected chi connectivity index (χ3v) is 3.04. The van der Waals surface area contributed by atoms with Crippen molar-refractivity contribution in [1.82, 2.24) is 10.2 Å². The number of primary amides is 1. The van der Waals surface area contributed by atoms with Crippen LogP contribution in [0.15, 0.2) is 0 Å². The summed E-state index contributed by atoms with van der Waals surface area (Å²) >= 11 is 0. The molecule has 0 fully saturated rings. The van der Waals surface area contributed by atoms with Crippen molar-refractivity contribution in [2.45, 2.75) is 40.2 Å². The molecule has 0 aromatic rings. The molecule has 110 valence electrons. The van der Waals surface area contributed by atoms with E-state index < -0.39 is 23.3 Å². The molecule has 0 saturated carbocycles. The molecule has 0 bridgehead atoms. The van der Waals surface area contributed by atoms with Crippen molar-refractivity contribution in [3.63, 3.8) is 0 Å². The predicted molar refractivity (Wildman–Crippen MR) is 70.5 cm³/mol. The number of nitrogens with one attached hydrogen (secondary N) is 1. The molecule has 3 amide bonds. The third kappa shape index (κ3) is 5.58. The highest BCUT2D eigenvalue weighted by molar-refractivity contribution is 5.83. The van der Waals surface area contributed by atoms with Gasteiger partial charge in [-0.15, -0.1) is 0 Å². The summed E-state index contributed by atoms with van der Waals surface area (Å²) in [7, 11) is 0. The monoisotopic (exact) mass is 273 g/mol. The fourth-order valence-corrected chi connectivity index (χ4v) is 1.28. The summed E-state index contributed by atoms with van der Waals surface area (Å²) in [4.78, 5) is 35.1. The van der Waals surface area contributed by atoms with Gasteiger partial charge in [-0.2, -0.15) is 0 Å². The largest absolute Gasteiger partial charge is 0.480 e. The second kappa shape index (κ2) is 6.96. The van der Waals surface area contributed by atoms with E-state index in [-0.39, 0.29) is 19.1 Å². The standard InChI is InChI=1S/C12H23N3O4/c1-5-8(2)15(6-9(16)17)11(19)14-7-12(3,4)10(13)18/h8H,5-7H2,1-4H3,(H2,13,18)(H,14,19)(H,16,17). The summed E-state index contributed by atoms with van der Waals surface area (Å²) in [6, 6.07) is -0.709. The zero-order valence-corrected chi connectivity index (χ0v) is 11.9. The van der Waals surface area contributed by atoms with Gasteiger partial charge in [0.05, 0.1) is 5.41 Å². The predicted octanol–water partition coefficient (Wildman–Crippen LogP) is 0.393. The van der Waals surface area contributed by atoms with Gasteiger partial charge in [-0.3, -0.25) is 9.59 Å². The van der Waals surface area contributed by atoms with Crippen molar-refractivity contribution >= 4 is 17.9 Å². The molecule has 0 aromatic heterocycles. The maximum absolute atomic E-state index is 11.9. The smallest absolute Gasteiger partial charge is 0.323 e. The molecular weight excluding hydrogens is 250 g/mol. The van der Waals surface area contributed by atoms with E-state index in [9.17, 15) is 14.4 Å². The summed E-state index contributed by atoms with van der Waals surface area (Å²) in [5, 5.41) is 11.3. The highest BCUT2D eigenvalue weighted by Gasteiger charge is 2.28. The normalized spacial score (nSPS) is 12.6. The van der Waals surface area contributed by atoms with E-state index in [1.54, 1.807) is 20.8 Å². The number of carbonyl (C=O) groups excluding carboxylic acids is 2. The first-order valence-corrected chi connectivity index (χ1v) is 6.18. The van der Waals surface area contributed by atoms with E-state index in [1.165, 1.54) is 4.90 Å². The van der Waals surface area contributed by atoms with Gasteiger partial charge in [0.1, 0.15) is 6.54 Å². The van der Waals surface area contributed by atoms with Gasteiger partial charge < -0.3 is 21.1 Å². The number of amides is 3. The number of rotatable bonds is 7. The molecule has 0 saturated heterocycles. The minimum atomic E-state index is -1.08. The lowest BCUT2D eigenvalue weighted by Gasteiger charge is -2.29. The summed E-state index contributed by atoms with van der Waals surface area (Å²) in [6.45, 7) is 6.54. The first-order valence-electron chi connectivity index (χ1n) is 6.18. The van der Waals surface area contributed by atoms with E-state index in [0.717, 1.165) is 0 Å². The van der Waals surface area contributed by atoms with Crippen LogP contribution in [0.4, 0.5) is 4.79 Å². The Labute approximate surface area is 113 Å². The topological polar surface area (TPSA) is 113 Å². The van der Waals surface area contributed by atoms with Crippen molar-refractivity contribution in [2.24, 2.45) is 11.1 Å². The first kappa shape index (κ1) is 17.2. The summed E-state index contributed by atoms with van der Waals surface area (Å²) in [6.07, 6.45) is 0.639. The van der Waals surface area contributed by atoms with Gasteiger partial charge in [0.2, 0.25) is 5.91 Å². The van der Waals surface area contributed by atoms with Gasteiger partial charge in [-0.05, 0) is 27.2 Å². The minimum absolute atomic E-state index is 0.0632. The lowest BCUT2D eigenvalue weighted by Crippen LogP contribution is -2.51. The van der Waals surface area contributed by atoms with Crippen molar-refractivity contribution in [3.8, 4) is 0 Å². The molecule has 19 heavy (non-hydrogen) atoms. The van der Waals surface area contributed by atoms with E-state index in [4.69, 9.17) is 10.8 Å². The van der Waals surface area contributed by atoms with E-state index >= 15 is 0 Å². The minimum Gasteiger partial charge on any atom is -0.480 e. The van der Waals surface area contributed by atoms with Crippen molar-refractivity contribution in [1.29, 1.82) is 0 Å². The van der Waals surface area contributed by atoms with Crippen LogP contribution in [0.3, 0.4) is 0 Å². The summed E-state index contributed by atoms with van der Waals surface area (Å²) < 4.78 is 0. The van der Waals surface area contributed by atoms with Crippen LogP contribution in [-0.2, 0) is 9.59 Å². The number of nitrogens with zero attached hydrogens (tertiary/aromatic N) is 1. The Bertz CT molecular complexity index is 355. The Balaban J connectivity index is 4.65. The average Bonchev–Trinajstić information content (AvgIpc) is 2.31. The van der Waals surface area contributed by atoms with Crippen molar-refractivity contribution in [2.75, 3.05) is 13.1 Å². The number of aliphatic carboxylic acids is 1. The van der Waals surface area contributed by atoms with Crippen LogP contribution in [0.1, 0.15) is 34.1 Å². The molecule has 1 atom stereocenters. The zero-order valence-electron chi connectivity index (χ0n) is 11.9. The quantitative estimate of drug-likeness (QED) is 0.622. The van der Waals surface area contributed by atoms with Gasteiger partial charge >= 0.3 is 12.0 Å². The van der Waals surface area contributed by atoms with Crippen LogP contribution in [-0.4, -0.2) is 47.0 Å². The molecule has 7 heteroatoms. The number of urea groups is 1. The van der Waals surface area contributed by atoms with Crippen molar-refractivity contribution < 1.29 is 19.5 Å². The number of hydrogen-bond donors (Lipinski definition) is 3. The van der Waals surface area contributed by atoms with Crippen LogP contribution in [0.2, 0.25) is 0 Å². The number of carboxylic acid groups (broad SMARTS) is 1. The molecule has 0 aliphatic rings. The van der Waals surface area contributed by atoms with Crippen molar-refractivity contribution in [3.05, 3.63) is 0 Å². The molecule has 7 nitrogen and oxygen atoms in total. The Hall–Kier alpha value is -1.79. The second-order valence-electron chi connectivity index (χ2n) is 5.19. The van der Waals surface area contributed by atoms with E-state index in [2.05, 4.69) is 5.32 Å². The number of carbonyl (C=O) groups is 3. The maximum atomic E-state index is 11.9. The number of hydrogen-bond acceptors (Lipinski definition) is 3. The van der Waals surface area contributed by atoms with Gasteiger partial charge in [0, 0.05) is 12.6 Å². The highest BCUT2D eigenvalue weighted by Crippen LogP contribution is 2.12. The first-order chi connectivity index (χ1) is 8.61. The Morgan fingerprint density at radius 2 is 1.89 bits per heavy atom. The van der Waals surface area contributed by atoms with E-state index in [1.807, 2.05) is 6.92 Å². The molecule has 4 N–H and O–H groups in total. The third-order valence-electron chi connectivity index (χ3n) is 3.04. The van der Waals surface area contributed by atoms with E-state index in [0.29, 0.717) is 6.42 Å². The highest BCUT2D eigenvalue weighted by atomic mass is 16.4. The van der Waals surface area contributed by atoms with Crippen LogP contribution in [0.25, 0.3) is 0 Å². The summed E-state index contributed by atoms with van der Waals surface area (Å²) in [5.41, 5.74) is 4.33. The molecule has 0 aliphatic carbocycles. The van der Waals surface area contributed by atoms with Crippen LogP contribution in [0.5, 0.6) is 0 Å². The Morgan fingerprint density at radius 1 is 1.37 bits per heavy atom. The zero-order chi connectivity index (χ0) is 15.2. The maximum Gasteiger partial charge on any atom is 0.323 e. The lowest BCUT2D eigenvalue weighted by molar-refractivity contribution is -0.138. The van der Waals surface area contributed by atoms with Crippen LogP contribution < -0.4 is 11.1 Å². The molecule has 0 radical (unpaired) electrons. The molecule has 0 aliphatic heterocycles. The second-order valence-corrected chi connectivity index (χ2v) is 5.19. The Kier molecular flexibility index (Phi) is 6.31. The van der Waals surface area contributed by atoms with Crippen LogP contribution >= 0.6 is 0 Å². The SMILES string of the molecule is CCC(C)N(CC(=O)O)C(=O)NCC(C)(C)C(N)=O. The summed E-state index contributed by atoms with van der Waals surface area (Å²) in [5.74, 6) is -1.61. The number of nitrogens with two attached hydrogens (primary N) is 1. The average molecular weight is 273 g/mol. The molecule has 0 spiro atoms. The molecular formula is C12H23N3O4. The van der Waals surface area contributed by atoms with Crippen LogP contribution in [0, 0.1) is 5.41 Å². The Morgan fingerprint density at radius 3 is 2.26 bits per heavy atom. The lowest BCUT2D eigenvalue weighted by atomic mass is 9.93. The fourth-order valence-electron chi connectivity index (χ4n) is 1.28.